The number of ether oxygens (including phenoxy) is 1. The molecule has 0 unspecified atom stereocenters. The van der Waals surface area contributed by atoms with E-state index in [1.807, 2.05) is 13.8 Å². The fourth-order valence-corrected chi connectivity index (χ4v) is 3.67. The van der Waals surface area contributed by atoms with E-state index < -0.39 is 5.60 Å². The van der Waals surface area contributed by atoms with Gasteiger partial charge in [0.2, 0.25) is 0 Å². The third kappa shape index (κ3) is 1.57. The quantitative estimate of drug-likeness (QED) is 0.642. The summed E-state index contributed by atoms with van der Waals surface area (Å²) in [6, 6.07) is 0. The smallest absolute Gasteiger partial charge is 0.303 e. The van der Waals surface area contributed by atoms with Crippen LogP contribution in [0.4, 0.5) is 0 Å². The van der Waals surface area contributed by atoms with E-state index in [1.165, 1.54) is 6.92 Å². The number of fused-ring (bicyclic) bond motifs is 2. The van der Waals surface area contributed by atoms with Crippen molar-refractivity contribution in [2.45, 2.75) is 52.6 Å². The second-order valence-corrected chi connectivity index (χ2v) is 6.03. The van der Waals surface area contributed by atoms with Gasteiger partial charge in [0, 0.05) is 25.2 Å². The molecule has 2 fully saturated rings. The predicted octanol–water partition coefficient (Wildman–Crippen LogP) is 2.33. The van der Waals surface area contributed by atoms with Gasteiger partial charge in [-0.1, -0.05) is 13.8 Å². The van der Waals surface area contributed by atoms with Crippen LogP contribution in [0.1, 0.15) is 47.0 Å². The normalized spacial score (nSPS) is 46.9. The van der Waals surface area contributed by atoms with E-state index in [2.05, 4.69) is 6.92 Å². The summed E-state index contributed by atoms with van der Waals surface area (Å²) in [5.74, 6) is 0.402. The van der Waals surface area contributed by atoms with Crippen molar-refractivity contribution in [1.29, 1.82) is 0 Å². The maximum absolute atomic E-state index is 11.9. The van der Waals surface area contributed by atoms with Crippen molar-refractivity contribution in [2.24, 2.45) is 17.3 Å². The molecule has 0 radical (unpaired) electrons. The fraction of sp³-hybridized carbons (Fsp3) is 0.846. The molecule has 2 saturated carbocycles. The molecule has 16 heavy (non-hydrogen) atoms. The molecule has 90 valence electrons. The Hall–Kier alpha value is -0.860. The molecule has 2 rings (SSSR count). The zero-order valence-corrected chi connectivity index (χ0v) is 10.5. The first-order valence-corrected chi connectivity index (χ1v) is 5.99. The Morgan fingerprint density at radius 1 is 1.44 bits per heavy atom. The Balaban J connectivity index is 2.29. The molecular formula is C13H20O3. The van der Waals surface area contributed by atoms with Crippen LogP contribution in [0.25, 0.3) is 0 Å². The van der Waals surface area contributed by atoms with Crippen molar-refractivity contribution in [3.63, 3.8) is 0 Å². The second kappa shape index (κ2) is 3.31. The predicted molar refractivity (Wildman–Crippen MR) is 59.8 cm³/mol. The van der Waals surface area contributed by atoms with Gasteiger partial charge in [0.25, 0.3) is 0 Å². The van der Waals surface area contributed by atoms with Crippen molar-refractivity contribution in [2.75, 3.05) is 0 Å². The molecule has 2 bridgehead atoms. The van der Waals surface area contributed by atoms with Crippen LogP contribution in [-0.2, 0) is 14.3 Å². The SMILES string of the molecule is CC(=O)O[C@]1(C)C[C@]2(C)C[C@H]1CC(=O)[C@@H]2C. The minimum absolute atomic E-state index is 0.0181. The van der Waals surface area contributed by atoms with Gasteiger partial charge in [-0.25, -0.2) is 0 Å². The van der Waals surface area contributed by atoms with Gasteiger partial charge >= 0.3 is 5.97 Å². The van der Waals surface area contributed by atoms with Crippen LogP contribution in [0.3, 0.4) is 0 Å². The van der Waals surface area contributed by atoms with Crippen LogP contribution in [0, 0.1) is 17.3 Å². The summed E-state index contributed by atoms with van der Waals surface area (Å²) < 4.78 is 5.48. The van der Waals surface area contributed by atoms with Gasteiger partial charge in [0.15, 0.2) is 0 Å². The molecule has 0 aromatic carbocycles. The average molecular weight is 224 g/mol. The molecule has 0 aliphatic heterocycles. The van der Waals surface area contributed by atoms with Crippen LogP contribution in [0.15, 0.2) is 0 Å². The van der Waals surface area contributed by atoms with E-state index in [-0.39, 0.29) is 23.2 Å². The standard InChI is InChI=1S/C13H20O3/c1-8-11(15)5-10-6-12(8,3)7-13(10,4)16-9(2)14/h8,10H,5-7H2,1-4H3/t8-,10+,12-,13+/m0/s1. The molecule has 0 amide bonds. The molecule has 0 N–H and O–H groups in total. The van der Waals surface area contributed by atoms with Crippen LogP contribution < -0.4 is 0 Å². The molecular weight excluding hydrogens is 204 g/mol. The van der Waals surface area contributed by atoms with Gasteiger partial charge in [-0.3, -0.25) is 9.59 Å². The third-order valence-electron chi connectivity index (χ3n) is 4.68. The van der Waals surface area contributed by atoms with Gasteiger partial charge in [-0.05, 0) is 25.2 Å². The lowest BCUT2D eigenvalue weighted by molar-refractivity contribution is -0.159. The highest BCUT2D eigenvalue weighted by molar-refractivity contribution is 5.83. The van der Waals surface area contributed by atoms with Crippen LogP contribution in [-0.4, -0.2) is 17.4 Å². The zero-order chi connectivity index (χ0) is 12.1. The van der Waals surface area contributed by atoms with Crippen molar-refractivity contribution in [3.8, 4) is 0 Å². The second-order valence-electron chi connectivity index (χ2n) is 6.03. The first-order chi connectivity index (χ1) is 7.27. The van der Waals surface area contributed by atoms with Gasteiger partial charge in [0.1, 0.15) is 11.4 Å². The third-order valence-corrected chi connectivity index (χ3v) is 4.68. The van der Waals surface area contributed by atoms with Crippen molar-refractivity contribution < 1.29 is 14.3 Å². The molecule has 2 aliphatic rings. The van der Waals surface area contributed by atoms with E-state index in [9.17, 15) is 9.59 Å². The Morgan fingerprint density at radius 2 is 2.06 bits per heavy atom. The highest BCUT2D eigenvalue weighted by Crippen LogP contribution is 2.58. The lowest BCUT2D eigenvalue weighted by atomic mass is 9.69. The molecule has 4 atom stereocenters. The maximum atomic E-state index is 11.9. The number of ketones is 1. The van der Waals surface area contributed by atoms with Crippen LogP contribution in [0.2, 0.25) is 0 Å². The average Bonchev–Trinajstić information content (AvgIpc) is 2.32. The minimum Gasteiger partial charge on any atom is -0.459 e. The summed E-state index contributed by atoms with van der Waals surface area (Å²) in [4.78, 5) is 23.0. The van der Waals surface area contributed by atoms with E-state index in [4.69, 9.17) is 4.74 Å². The summed E-state index contributed by atoms with van der Waals surface area (Å²) in [6.07, 6.45) is 2.39. The topological polar surface area (TPSA) is 43.4 Å². The van der Waals surface area contributed by atoms with E-state index in [1.54, 1.807) is 0 Å². The van der Waals surface area contributed by atoms with E-state index >= 15 is 0 Å². The minimum atomic E-state index is -0.430. The molecule has 0 aromatic rings. The number of Topliss-reactive ketones (excluding diaryl/α,β-unsaturated/α-hetero) is 1. The lowest BCUT2D eigenvalue weighted by Crippen LogP contribution is -2.36. The number of rotatable bonds is 1. The largest absolute Gasteiger partial charge is 0.459 e. The Kier molecular flexibility index (Phi) is 2.41. The molecule has 0 saturated heterocycles. The van der Waals surface area contributed by atoms with E-state index in [0.717, 1.165) is 12.8 Å². The monoisotopic (exact) mass is 224 g/mol. The van der Waals surface area contributed by atoms with Gasteiger partial charge in [0.05, 0.1) is 0 Å². The zero-order valence-electron chi connectivity index (χ0n) is 10.5. The molecule has 3 nitrogen and oxygen atoms in total. The highest BCUT2D eigenvalue weighted by Gasteiger charge is 2.58. The van der Waals surface area contributed by atoms with Crippen LogP contribution >= 0.6 is 0 Å². The van der Waals surface area contributed by atoms with Gasteiger partial charge < -0.3 is 4.74 Å². The number of esters is 1. The number of carbonyl (C=O) groups excluding carboxylic acids is 2. The summed E-state index contributed by atoms with van der Waals surface area (Å²) >= 11 is 0. The molecule has 0 aromatic heterocycles. The van der Waals surface area contributed by atoms with Crippen molar-refractivity contribution in [3.05, 3.63) is 0 Å². The maximum Gasteiger partial charge on any atom is 0.303 e. The number of hydrogen-bond acceptors (Lipinski definition) is 3. The van der Waals surface area contributed by atoms with Crippen molar-refractivity contribution >= 4 is 11.8 Å². The summed E-state index contributed by atoms with van der Waals surface area (Å²) in [5.41, 5.74) is -0.412. The number of hydrogen-bond donors (Lipinski definition) is 0. The Bertz CT molecular complexity index is 349. The summed E-state index contributed by atoms with van der Waals surface area (Å²) in [7, 11) is 0. The van der Waals surface area contributed by atoms with Gasteiger partial charge in [-0.15, -0.1) is 0 Å². The first-order valence-electron chi connectivity index (χ1n) is 5.99. The summed E-state index contributed by atoms with van der Waals surface area (Å²) in [5, 5.41) is 0. The molecule has 3 heteroatoms. The molecule has 0 spiro atoms. The van der Waals surface area contributed by atoms with Gasteiger partial charge in [-0.2, -0.15) is 0 Å². The molecule has 2 aliphatic carbocycles. The Labute approximate surface area is 96.5 Å². The fourth-order valence-electron chi connectivity index (χ4n) is 3.67. The Morgan fingerprint density at radius 3 is 2.62 bits per heavy atom. The lowest BCUT2D eigenvalue weighted by Gasteiger charge is -2.34. The van der Waals surface area contributed by atoms with Crippen LogP contribution in [0.5, 0.6) is 0 Å². The molecule has 0 heterocycles. The highest BCUT2D eigenvalue weighted by atomic mass is 16.6. The van der Waals surface area contributed by atoms with E-state index in [0.29, 0.717) is 12.2 Å². The first kappa shape index (κ1) is 11.6. The summed E-state index contributed by atoms with van der Waals surface area (Å²) in [6.45, 7) is 7.59. The number of carbonyl (C=O) groups is 2. The van der Waals surface area contributed by atoms with Crippen molar-refractivity contribution in [1.82, 2.24) is 0 Å².